The predicted octanol–water partition coefficient (Wildman–Crippen LogP) is 2.03. The third kappa shape index (κ3) is 3.31. The Morgan fingerprint density at radius 2 is 2.41 bits per heavy atom. The third-order valence-corrected chi connectivity index (χ3v) is 2.65. The van der Waals surface area contributed by atoms with Gasteiger partial charge in [0.1, 0.15) is 5.76 Å². The fourth-order valence-electron chi connectivity index (χ4n) is 1.66. The van der Waals surface area contributed by atoms with Gasteiger partial charge in [-0.3, -0.25) is 4.79 Å². The highest BCUT2D eigenvalue weighted by molar-refractivity contribution is 5.90. The van der Waals surface area contributed by atoms with Gasteiger partial charge in [-0.15, -0.1) is 0 Å². The van der Waals surface area contributed by atoms with Crippen molar-refractivity contribution in [1.82, 2.24) is 5.48 Å². The van der Waals surface area contributed by atoms with E-state index in [1.165, 1.54) is 0 Å². The summed E-state index contributed by atoms with van der Waals surface area (Å²) in [5.41, 5.74) is 2.35. The molecule has 0 aromatic carbocycles. The maximum atomic E-state index is 11.6. The van der Waals surface area contributed by atoms with Crippen LogP contribution in [0, 0.1) is 0 Å². The second-order valence-electron chi connectivity index (χ2n) is 3.96. The van der Waals surface area contributed by atoms with Crippen LogP contribution in [0.25, 0.3) is 0 Å². The summed E-state index contributed by atoms with van der Waals surface area (Å²) >= 11 is 0. The van der Waals surface area contributed by atoms with Crippen LogP contribution in [0.15, 0.2) is 16.5 Å². The van der Waals surface area contributed by atoms with E-state index in [2.05, 4.69) is 5.48 Å². The van der Waals surface area contributed by atoms with Gasteiger partial charge in [0.25, 0.3) is 0 Å². The summed E-state index contributed by atoms with van der Waals surface area (Å²) in [5, 5.41) is 0. The molecule has 1 aliphatic rings. The molecule has 17 heavy (non-hydrogen) atoms. The first-order valence-corrected chi connectivity index (χ1v) is 5.96. The normalized spacial score (nSPS) is 20.2. The van der Waals surface area contributed by atoms with Crippen LogP contribution in [0.1, 0.15) is 42.5 Å². The Kier molecular flexibility index (Phi) is 4.17. The van der Waals surface area contributed by atoms with Gasteiger partial charge in [-0.2, -0.15) is 0 Å². The van der Waals surface area contributed by atoms with Crippen molar-refractivity contribution < 1.29 is 18.8 Å². The van der Waals surface area contributed by atoms with Crippen LogP contribution in [0.3, 0.4) is 0 Å². The molecule has 1 atom stereocenters. The van der Waals surface area contributed by atoms with Crippen molar-refractivity contribution in [1.29, 1.82) is 0 Å². The van der Waals surface area contributed by atoms with Crippen molar-refractivity contribution in [3.63, 3.8) is 0 Å². The van der Waals surface area contributed by atoms with Crippen molar-refractivity contribution >= 4 is 5.91 Å². The highest BCUT2D eigenvalue weighted by Crippen LogP contribution is 2.13. The molecule has 1 saturated heterocycles. The van der Waals surface area contributed by atoms with Gasteiger partial charge in [-0.1, -0.05) is 6.92 Å². The molecule has 1 aromatic heterocycles. The first-order chi connectivity index (χ1) is 8.29. The topological polar surface area (TPSA) is 60.7 Å². The molecule has 94 valence electrons. The molecular formula is C12H17NO4. The zero-order chi connectivity index (χ0) is 12.1. The maximum Gasteiger partial charge on any atom is 0.310 e. The van der Waals surface area contributed by atoms with E-state index in [9.17, 15) is 4.79 Å². The Labute approximate surface area is 100 Å². The molecule has 5 nitrogen and oxygen atoms in total. The number of amides is 1. The summed E-state index contributed by atoms with van der Waals surface area (Å²) < 4.78 is 10.6. The van der Waals surface area contributed by atoms with E-state index < -0.39 is 0 Å². The first-order valence-electron chi connectivity index (χ1n) is 5.96. The second kappa shape index (κ2) is 5.84. The zero-order valence-corrected chi connectivity index (χ0v) is 9.90. The van der Waals surface area contributed by atoms with Crippen molar-refractivity contribution in [2.24, 2.45) is 0 Å². The Morgan fingerprint density at radius 1 is 1.53 bits per heavy atom. The number of furan rings is 1. The van der Waals surface area contributed by atoms with Crippen LogP contribution in [0.4, 0.5) is 0 Å². The van der Waals surface area contributed by atoms with Crippen LogP contribution in [0.5, 0.6) is 0 Å². The average Bonchev–Trinajstić information content (AvgIpc) is 2.86. The van der Waals surface area contributed by atoms with Gasteiger partial charge in [0.2, 0.25) is 0 Å². The first kappa shape index (κ1) is 12.1. The smallest absolute Gasteiger partial charge is 0.310 e. The number of aryl methyl sites for hydroxylation is 1. The molecule has 2 heterocycles. The number of carbonyl (C=O) groups is 1. The number of rotatable bonds is 4. The zero-order valence-electron chi connectivity index (χ0n) is 9.90. The van der Waals surface area contributed by atoms with Crippen LogP contribution in [-0.2, 0) is 16.0 Å². The molecule has 1 fully saturated rings. The van der Waals surface area contributed by atoms with E-state index in [1.54, 1.807) is 12.1 Å². The van der Waals surface area contributed by atoms with Gasteiger partial charge in [0.05, 0.1) is 0 Å². The molecule has 0 radical (unpaired) electrons. The molecule has 2 rings (SSSR count). The van der Waals surface area contributed by atoms with Gasteiger partial charge < -0.3 is 9.15 Å². The molecule has 0 unspecified atom stereocenters. The van der Waals surface area contributed by atoms with Crippen LogP contribution < -0.4 is 5.48 Å². The molecule has 0 saturated carbocycles. The van der Waals surface area contributed by atoms with Crippen LogP contribution >= 0.6 is 0 Å². The summed E-state index contributed by atoms with van der Waals surface area (Å²) in [6.45, 7) is 2.65. The minimum atomic E-state index is -0.376. The quantitative estimate of drug-likeness (QED) is 0.817. The van der Waals surface area contributed by atoms with Crippen molar-refractivity contribution in [2.45, 2.75) is 38.9 Å². The Hall–Kier alpha value is -1.33. The van der Waals surface area contributed by atoms with E-state index in [-0.39, 0.29) is 18.0 Å². The summed E-state index contributed by atoms with van der Waals surface area (Å²) in [4.78, 5) is 16.8. The van der Waals surface area contributed by atoms with Gasteiger partial charge >= 0.3 is 5.91 Å². The third-order valence-electron chi connectivity index (χ3n) is 2.65. The Morgan fingerprint density at radius 3 is 3.06 bits per heavy atom. The van der Waals surface area contributed by atoms with Crippen molar-refractivity contribution in [2.75, 3.05) is 6.61 Å². The standard InChI is InChI=1S/C12H17NO4/c1-2-9-6-7-10(16-9)12(14)13-17-11-5-3-4-8-15-11/h6-7,11H,2-5,8H2,1H3,(H,13,14)/t11-/m1/s1. The van der Waals surface area contributed by atoms with Gasteiger partial charge in [-0.25, -0.2) is 10.3 Å². The molecule has 1 N–H and O–H groups in total. The second-order valence-corrected chi connectivity index (χ2v) is 3.96. The van der Waals surface area contributed by atoms with E-state index >= 15 is 0 Å². The van der Waals surface area contributed by atoms with Crippen molar-refractivity contribution in [3.8, 4) is 0 Å². The number of hydroxylamine groups is 1. The fourth-order valence-corrected chi connectivity index (χ4v) is 1.66. The minimum Gasteiger partial charge on any atom is -0.456 e. The fraction of sp³-hybridized carbons (Fsp3) is 0.583. The average molecular weight is 239 g/mol. The lowest BCUT2D eigenvalue weighted by molar-refractivity contribution is -0.187. The number of hydrogen-bond acceptors (Lipinski definition) is 4. The summed E-state index contributed by atoms with van der Waals surface area (Å²) in [6, 6.07) is 3.42. The monoisotopic (exact) mass is 239 g/mol. The van der Waals surface area contributed by atoms with Crippen molar-refractivity contribution in [3.05, 3.63) is 23.7 Å². The van der Waals surface area contributed by atoms with Crippen LogP contribution in [0.2, 0.25) is 0 Å². The number of ether oxygens (including phenoxy) is 1. The van der Waals surface area contributed by atoms with Gasteiger partial charge in [0.15, 0.2) is 12.1 Å². The summed E-state index contributed by atoms with van der Waals surface area (Å²) in [5.74, 6) is 0.667. The van der Waals surface area contributed by atoms with E-state index in [1.807, 2.05) is 6.92 Å². The van der Waals surface area contributed by atoms with E-state index in [0.717, 1.165) is 31.4 Å². The van der Waals surface area contributed by atoms with E-state index in [0.29, 0.717) is 6.61 Å². The Balaban J connectivity index is 1.80. The molecular weight excluding hydrogens is 222 g/mol. The molecule has 0 spiro atoms. The number of hydrogen-bond donors (Lipinski definition) is 1. The minimum absolute atomic E-state index is 0.262. The molecule has 0 aliphatic carbocycles. The number of nitrogens with one attached hydrogen (secondary N) is 1. The van der Waals surface area contributed by atoms with Gasteiger partial charge in [-0.05, 0) is 25.0 Å². The molecule has 1 aromatic rings. The van der Waals surface area contributed by atoms with Crippen LogP contribution in [-0.4, -0.2) is 18.8 Å². The highest BCUT2D eigenvalue weighted by atomic mass is 16.8. The predicted molar refractivity (Wildman–Crippen MR) is 60.2 cm³/mol. The van der Waals surface area contributed by atoms with E-state index in [4.69, 9.17) is 14.0 Å². The largest absolute Gasteiger partial charge is 0.456 e. The number of carbonyl (C=O) groups excluding carboxylic acids is 1. The SMILES string of the molecule is CCc1ccc(C(=O)NO[C@@H]2CCCCO2)o1. The lowest BCUT2D eigenvalue weighted by Crippen LogP contribution is -2.32. The molecule has 0 bridgehead atoms. The Bertz CT molecular complexity index is 368. The summed E-state index contributed by atoms with van der Waals surface area (Å²) in [7, 11) is 0. The molecule has 1 amide bonds. The maximum absolute atomic E-state index is 11.6. The summed E-state index contributed by atoms with van der Waals surface area (Å²) in [6.07, 6.45) is 3.33. The molecule has 5 heteroatoms. The highest BCUT2D eigenvalue weighted by Gasteiger charge is 2.17. The lowest BCUT2D eigenvalue weighted by atomic mass is 10.2. The van der Waals surface area contributed by atoms with Gasteiger partial charge in [0, 0.05) is 19.4 Å². The lowest BCUT2D eigenvalue weighted by Gasteiger charge is -2.21. The molecule has 1 aliphatic heterocycles.